The van der Waals surface area contributed by atoms with Crippen molar-refractivity contribution in [2.45, 2.75) is 6.54 Å². The number of benzene rings is 2. The fraction of sp³-hybridized carbons (Fsp3) is 0.133. The van der Waals surface area contributed by atoms with Crippen LogP contribution in [0.1, 0.15) is 0 Å². The maximum absolute atomic E-state index is 11.8. The third-order valence-corrected chi connectivity index (χ3v) is 3.57. The minimum Gasteiger partial charge on any atom is -0.490 e. The molecule has 0 aliphatic heterocycles. The molecule has 0 aliphatic carbocycles. The topological polar surface area (TPSA) is 87.5 Å². The van der Waals surface area contributed by atoms with E-state index in [0.717, 1.165) is 0 Å². The zero-order valence-corrected chi connectivity index (χ0v) is 12.5. The van der Waals surface area contributed by atoms with E-state index in [1.165, 1.54) is 22.8 Å². The molecule has 3 aromatic rings. The van der Waals surface area contributed by atoms with Gasteiger partial charge in [0.25, 0.3) is 5.69 Å². The van der Waals surface area contributed by atoms with Crippen LogP contribution in [0.4, 0.5) is 5.69 Å². The van der Waals surface area contributed by atoms with Crippen LogP contribution in [0.15, 0.2) is 51.7 Å². The molecule has 0 saturated carbocycles. The van der Waals surface area contributed by atoms with Crippen molar-refractivity contribution in [3.05, 3.63) is 68.2 Å². The number of nitrogens with zero attached hydrogens (tertiary/aromatic N) is 2. The molecule has 3 rings (SSSR count). The number of halogens is 1. The number of nitro groups is 1. The van der Waals surface area contributed by atoms with E-state index in [2.05, 4.69) is 0 Å². The lowest BCUT2D eigenvalue weighted by molar-refractivity contribution is -0.384. The number of rotatable bonds is 5. The van der Waals surface area contributed by atoms with E-state index in [-0.39, 0.29) is 23.9 Å². The van der Waals surface area contributed by atoms with Crippen molar-refractivity contribution in [1.82, 2.24) is 4.57 Å². The lowest BCUT2D eigenvalue weighted by atomic mass is 10.3. The van der Waals surface area contributed by atoms with Crippen LogP contribution in [0, 0.1) is 10.1 Å². The van der Waals surface area contributed by atoms with E-state index in [9.17, 15) is 14.9 Å². The largest absolute Gasteiger partial charge is 0.490 e. The summed E-state index contributed by atoms with van der Waals surface area (Å²) in [4.78, 5) is 21.9. The minimum absolute atomic E-state index is 0.112. The van der Waals surface area contributed by atoms with Crippen LogP contribution in [0.5, 0.6) is 5.75 Å². The standard InChI is InChI=1S/C15H11ClN2O5/c16-11-9-10(18(20)21)5-6-13(11)22-8-7-17-12-3-1-2-4-14(12)23-15(17)19/h1-6,9H,7-8H2. The van der Waals surface area contributed by atoms with Crippen molar-refractivity contribution in [3.63, 3.8) is 0 Å². The summed E-state index contributed by atoms with van der Waals surface area (Å²) >= 11 is 5.94. The Hall–Kier alpha value is -2.80. The predicted molar refractivity (Wildman–Crippen MR) is 84.1 cm³/mol. The van der Waals surface area contributed by atoms with Gasteiger partial charge in [-0.1, -0.05) is 23.7 Å². The molecule has 7 nitrogen and oxygen atoms in total. The van der Waals surface area contributed by atoms with Gasteiger partial charge in [-0.3, -0.25) is 14.7 Å². The summed E-state index contributed by atoms with van der Waals surface area (Å²) in [5, 5.41) is 10.8. The molecule has 0 saturated heterocycles. The Labute approximate surface area is 134 Å². The molecule has 0 N–H and O–H groups in total. The van der Waals surface area contributed by atoms with Crippen molar-refractivity contribution in [2.75, 3.05) is 6.61 Å². The molecule has 0 aliphatic rings. The van der Waals surface area contributed by atoms with Gasteiger partial charge in [0.05, 0.1) is 22.0 Å². The van der Waals surface area contributed by atoms with Gasteiger partial charge in [0.15, 0.2) is 5.58 Å². The van der Waals surface area contributed by atoms with Gasteiger partial charge in [-0.15, -0.1) is 0 Å². The Balaban J connectivity index is 1.73. The summed E-state index contributed by atoms with van der Waals surface area (Å²) in [5.74, 6) is -0.150. The average molecular weight is 335 g/mol. The van der Waals surface area contributed by atoms with Crippen molar-refractivity contribution >= 4 is 28.4 Å². The number of aromatic nitrogens is 1. The summed E-state index contributed by atoms with van der Waals surface area (Å²) in [6.07, 6.45) is 0. The summed E-state index contributed by atoms with van der Waals surface area (Å²) in [5.41, 5.74) is 1.07. The highest BCUT2D eigenvalue weighted by molar-refractivity contribution is 6.32. The second kappa shape index (κ2) is 6.13. The molecule has 0 radical (unpaired) electrons. The quantitative estimate of drug-likeness (QED) is 0.528. The van der Waals surface area contributed by atoms with Gasteiger partial charge < -0.3 is 9.15 Å². The molecular formula is C15H11ClN2O5. The van der Waals surface area contributed by atoms with Gasteiger partial charge in [0.2, 0.25) is 0 Å². The second-order valence-electron chi connectivity index (χ2n) is 4.71. The number of para-hydroxylation sites is 2. The lowest BCUT2D eigenvalue weighted by Gasteiger charge is -2.08. The SMILES string of the molecule is O=c1oc2ccccc2n1CCOc1ccc([N+](=O)[O-])cc1Cl. The summed E-state index contributed by atoms with van der Waals surface area (Å²) < 4.78 is 12.1. The first-order chi connectivity index (χ1) is 11.1. The molecule has 0 fully saturated rings. The number of hydrogen-bond acceptors (Lipinski definition) is 5. The average Bonchev–Trinajstić information content (AvgIpc) is 2.84. The van der Waals surface area contributed by atoms with Gasteiger partial charge >= 0.3 is 5.76 Å². The third-order valence-electron chi connectivity index (χ3n) is 3.27. The number of oxazole rings is 1. The first kappa shape index (κ1) is 15.1. The smallest absolute Gasteiger partial charge is 0.420 e. The molecule has 0 atom stereocenters. The number of ether oxygens (including phenoxy) is 1. The van der Waals surface area contributed by atoms with Crippen molar-refractivity contribution < 1.29 is 14.1 Å². The molecule has 1 aromatic heterocycles. The highest BCUT2D eigenvalue weighted by atomic mass is 35.5. The highest BCUT2D eigenvalue weighted by Crippen LogP contribution is 2.28. The van der Waals surface area contributed by atoms with E-state index in [1.807, 2.05) is 6.07 Å². The van der Waals surface area contributed by atoms with Gasteiger partial charge in [-0.05, 0) is 18.2 Å². The Morgan fingerprint density at radius 3 is 2.78 bits per heavy atom. The lowest BCUT2D eigenvalue weighted by Crippen LogP contribution is -2.18. The molecule has 0 unspecified atom stereocenters. The van der Waals surface area contributed by atoms with Crippen LogP contribution in [-0.4, -0.2) is 16.1 Å². The van der Waals surface area contributed by atoms with Crippen LogP contribution >= 0.6 is 11.6 Å². The van der Waals surface area contributed by atoms with Crippen LogP contribution in [-0.2, 0) is 6.54 Å². The van der Waals surface area contributed by atoms with Gasteiger partial charge in [0, 0.05) is 12.1 Å². The molecule has 2 aromatic carbocycles. The first-order valence-electron chi connectivity index (χ1n) is 6.71. The Bertz CT molecular complexity index is 931. The normalized spacial score (nSPS) is 10.8. The molecule has 23 heavy (non-hydrogen) atoms. The van der Waals surface area contributed by atoms with Gasteiger partial charge in [-0.25, -0.2) is 4.79 Å². The van der Waals surface area contributed by atoms with Crippen LogP contribution < -0.4 is 10.5 Å². The fourth-order valence-electron chi connectivity index (χ4n) is 2.19. The molecule has 0 bridgehead atoms. The van der Waals surface area contributed by atoms with E-state index in [0.29, 0.717) is 16.8 Å². The molecule has 0 spiro atoms. The minimum atomic E-state index is -0.535. The highest BCUT2D eigenvalue weighted by Gasteiger charge is 2.11. The Kier molecular flexibility index (Phi) is 4.03. The number of hydrogen-bond donors (Lipinski definition) is 0. The molecule has 0 amide bonds. The molecule has 1 heterocycles. The molecule has 118 valence electrons. The zero-order chi connectivity index (χ0) is 16.4. The van der Waals surface area contributed by atoms with E-state index >= 15 is 0 Å². The van der Waals surface area contributed by atoms with Gasteiger partial charge in [-0.2, -0.15) is 0 Å². The fourth-order valence-corrected chi connectivity index (χ4v) is 2.42. The monoisotopic (exact) mass is 334 g/mol. The maximum Gasteiger partial charge on any atom is 0.420 e. The zero-order valence-electron chi connectivity index (χ0n) is 11.8. The Morgan fingerprint density at radius 2 is 2.04 bits per heavy atom. The third kappa shape index (κ3) is 3.04. The maximum atomic E-state index is 11.8. The van der Waals surface area contributed by atoms with Gasteiger partial charge in [0.1, 0.15) is 12.4 Å². The molecule has 8 heteroatoms. The number of non-ortho nitro benzene ring substituents is 1. The number of fused-ring (bicyclic) bond motifs is 1. The summed E-state index contributed by atoms with van der Waals surface area (Å²) in [6, 6.07) is 11.0. The van der Waals surface area contributed by atoms with E-state index < -0.39 is 10.7 Å². The van der Waals surface area contributed by atoms with Crippen LogP contribution in [0.2, 0.25) is 5.02 Å². The van der Waals surface area contributed by atoms with E-state index in [4.69, 9.17) is 20.8 Å². The molecular weight excluding hydrogens is 324 g/mol. The Morgan fingerprint density at radius 1 is 1.26 bits per heavy atom. The predicted octanol–water partition coefficient (Wildman–Crippen LogP) is 3.24. The second-order valence-corrected chi connectivity index (χ2v) is 5.11. The van der Waals surface area contributed by atoms with Crippen LogP contribution in [0.25, 0.3) is 11.1 Å². The van der Waals surface area contributed by atoms with E-state index in [1.54, 1.807) is 18.2 Å². The van der Waals surface area contributed by atoms with Crippen LogP contribution in [0.3, 0.4) is 0 Å². The number of nitro benzene ring substituents is 1. The first-order valence-corrected chi connectivity index (χ1v) is 7.09. The van der Waals surface area contributed by atoms with Crippen molar-refractivity contribution in [1.29, 1.82) is 0 Å². The van der Waals surface area contributed by atoms with Crippen molar-refractivity contribution in [3.8, 4) is 5.75 Å². The summed E-state index contributed by atoms with van der Waals surface area (Å²) in [7, 11) is 0. The van der Waals surface area contributed by atoms with Crippen molar-refractivity contribution in [2.24, 2.45) is 0 Å². The summed E-state index contributed by atoms with van der Waals surface area (Å²) in [6.45, 7) is 0.435.